The Labute approximate surface area is 97.3 Å². The van der Waals surface area contributed by atoms with E-state index in [0.29, 0.717) is 12.2 Å². The fourth-order valence-corrected chi connectivity index (χ4v) is 2.29. The molecule has 2 N–H and O–H groups in total. The van der Waals surface area contributed by atoms with Crippen LogP contribution in [-0.4, -0.2) is 21.6 Å². The van der Waals surface area contributed by atoms with E-state index >= 15 is 0 Å². The Hall–Kier alpha value is -1.62. The molecule has 0 spiro atoms. The summed E-state index contributed by atoms with van der Waals surface area (Å²) >= 11 is 1.53. The topological polar surface area (TPSA) is 68.9 Å². The van der Waals surface area contributed by atoms with Gasteiger partial charge in [-0.25, -0.2) is 9.97 Å². The van der Waals surface area contributed by atoms with E-state index in [2.05, 4.69) is 9.97 Å². The lowest BCUT2D eigenvalue weighted by molar-refractivity contribution is -0.117. The van der Waals surface area contributed by atoms with Crippen molar-refractivity contribution in [2.75, 3.05) is 5.75 Å². The molecule has 0 radical (unpaired) electrons. The molecule has 16 heavy (non-hydrogen) atoms. The molecule has 4 nitrogen and oxygen atoms in total. The van der Waals surface area contributed by atoms with E-state index in [0.717, 1.165) is 15.9 Å². The first kappa shape index (κ1) is 10.9. The normalized spacial score (nSPS) is 10.5. The van der Waals surface area contributed by atoms with Gasteiger partial charge in [0.05, 0.1) is 5.52 Å². The number of amides is 1. The van der Waals surface area contributed by atoms with Crippen LogP contribution in [-0.2, 0) is 4.79 Å². The summed E-state index contributed by atoms with van der Waals surface area (Å²) in [6.45, 7) is 0. The lowest BCUT2D eigenvalue weighted by atomic mass is 10.2. The smallest absolute Gasteiger partial charge is 0.218 e. The minimum absolute atomic E-state index is 0.286. The zero-order chi connectivity index (χ0) is 11.4. The summed E-state index contributed by atoms with van der Waals surface area (Å²) in [5, 5.41) is 1.91. The van der Waals surface area contributed by atoms with Crippen LogP contribution in [0, 0.1) is 0 Å². The van der Waals surface area contributed by atoms with Crippen molar-refractivity contribution in [2.24, 2.45) is 5.73 Å². The molecule has 0 saturated carbocycles. The maximum absolute atomic E-state index is 10.6. The fraction of sp³-hybridized carbons (Fsp3) is 0.182. The van der Waals surface area contributed by atoms with Gasteiger partial charge in [0.1, 0.15) is 11.4 Å². The van der Waals surface area contributed by atoms with Crippen LogP contribution in [0.5, 0.6) is 0 Å². The van der Waals surface area contributed by atoms with E-state index in [1.165, 1.54) is 18.1 Å². The number of hydrogen-bond donors (Lipinski definition) is 1. The number of benzene rings is 1. The first-order valence-electron chi connectivity index (χ1n) is 4.88. The van der Waals surface area contributed by atoms with Crippen LogP contribution in [0.4, 0.5) is 0 Å². The molecule has 1 heterocycles. The molecule has 2 aromatic rings. The van der Waals surface area contributed by atoms with E-state index in [9.17, 15) is 4.79 Å². The molecule has 0 aliphatic rings. The van der Waals surface area contributed by atoms with Crippen molar-refractivity contribution in [1.29, 1.82) is 0 Å². The Bertz CT molecular complexity index is 510. The minimum atomic E-state index is -0.286. The largest absolute Gasteiger partial charge is 0.370 e. The molecule has 1 aromatic heterocycles. The van der Waals surface area contributed by atoms with Crippen molar-refractivity contribution in [2.45, 2.75) is 11.4 Å². The second kappa shape index (κ2) is 4.94. The second-order valence-corrected chi connectivity index (χ2v) is 4.34. The Morgan fingerprint density at radius 3 is 2.94 bits per heavy atom. The van der Waals surface area contributed by atoms with Gasteiger partial charge in [-0.2, -0.15) is 0 Å². The van der Waals surface area contributed by atoms with Gasteiger partial charge >= 0.3 is 0 Å². The molecule has 0 fully saturated rings. The zero-order valence-electron chi connectivity index (χ0n) is 8.59. The molecule has 2 rings (SSSR count). The lowest BCUT2D eigenvalue weighted by Crippen LogP contribution is -2.10. The Morgan fingerprint density at radius 2 is 2.12 bits per heavy atom. The summed E-state index contributed by atoms with van der Waals surface area (Å²) in [4.78, 5) is 19.0. The number of primary amides is 1. The van der Waals surface area contributed by atoms with E-state index in [1.807, 2.05) is 24.3 Å². The van der Waals surface area contributed by atoms with Gasteiger partial charge in [-0.15, -0.1) is 11.8 Å². The van der Waals surface area contributed by atoms with Gasteiger partial charge in [-0.3, -0.25) is 4.79 Å². The summed E-state index contributed by atoms with van der Waals surface area (Å²) in [7, 11) is 0. The van der Waals surface area contributed by atoms with Gasteiger partial charge in [0.2, 0.25) is 5.91 Å². The van der Waals surface area contributed by atoms with Crippen molar-refractivity contribution in [3.63, 3.8) is 0 Å². The Kier molecular flexibility index (Phi) is 3.36. The van der Waals surface area contributed by atoms with Crippen LogP contribution >= 0.6 is 11.8 Å². The molecule has 82 valence electrons. The van der Waals surface area contributed by atoms with Crippen LogP contribution in [0.3, 0.4) is 0 Å². The number of carbonyl (C=O) groups is 1. The number of rotatable bonds is 4. The third-order valence-electron chi connectivity index (χ3n) is 2.09. The highest BCUT2D eigenvalue weighted by Crippen LogP contribution is 2.24. The number of carbonyl (C=O) groups excluding carboxylic acids is 1. The average molecular weight is 233 g/mol. The second-order valence-electron chi connectivity index (χ2n) is 3.26. The summed E-state index contributed by atoms with van der Waals surface area (Å²) < 4.78 is 0. The standard InChI is InChI=1S/C11H11N3OS/c12-10(15)5-6-16-11-8-3-1-2-4-9(8)13-7-14-11/h1-4,7H,5-6H2,(H2,12,15). The van der Waals surface area contributed by atoms with Crippen LogP contribution in [0.1, 0.15) is 6.42 Å². The number of para-hydroxylation sites is 1. The third-order valence-corrected chi connectivity index (χ3v) is 3.10. The number of hydrogen-bond acceptors (Lipinski definition) is 4. The molecule has 0 aliphatic carbocycles. The van der Waals surface area contributed by atoms with Crippen molar-refractivity contribution in [3.8, 4) is 0 Å². The zero-order valence-corrected chi connectivity index (χ0v) is 9.41. The van der Waals surface area contributed by atoms with Crippen LogP contribution < -0.4 is 5.73 Å². The van der Waals surface area contributed by atoms with Gasteiger partial charge in [0, 0.05) is 17.6 Å². The highest BCUT2D eigenvalue weighted by molar-refractivity contribution is 7.99. The van der Waals surface area contributed by atoms with Crippen molar-refractivity contribution < 1.29 is 4.79 Å². The molecule has 1 aromatic carbocycles. The average Bonchev–Trinajstić information content (AvgIpc) is 2.29. The first-order chi connectivity index (χ1) is 7.77. The molecule has 0 aliphatic heterocycles. The molecular formula is C11H11N3OS. The molecular weight excluding hydrogens is 222 g/mol. The van der Waals surface area contributed by atoms with Crippen molar-refractivity contribution >= 4 is 28.6 Å². The number of aromatic nitrogens is 2. The van der Waals surface area contributed by atoms with E-state index in [-0.39, 0.29) is 5.91 Å². The monoisotopic (exact) mass is 233 g/mol. The molecule has 0 atom stereocenters. The maximum atomic E-state index is 10.6. The minimum Gasteiger partial charge on any atom is -0.370 e. The van der Waals surface area contributed by atoms with Gasteiger partial charge in [-0.1, -0.05) is 18.2 Å². The summed E-state index contributed by atoms with van der Waals surface area (Å²) in [5.74, 6) is 0.363. The summed E-state index contributed by atoms with van der Waals surface area (Å²) in [6, 6.07) is 7.80. The third kappa shape index (κ3) is 2.49. The number of thioether (sulfide) groups is 1. The van der Waals surface area contributed by atoms with Crippen molar-refractivity contribution in [1.82, 2.24) is 9.97 Å². The SMILES string of the molecule is NC(=O)CCSc1ncnc2ccccc12. The fourth-order valence-electron chi connectivity index (χ4n) is 1.34. The summed E-state index contributed by atoms with van der Waals surface area (Å²) in [5.41, 5.74) is 6.00. The van der Waals surface area contributed by atoms with Crippen LogP contribution in [0.2, 0.25) is 0 Å². The van der Waals surface area contributed by atoms with Gasteiger partial charge in [-0.05, 0) is 6.07 Å². The molecule has 0 bridgehead atoms. The molecule has 0 saturated heterocycles. The van der Waals surface area contributed by atoms with Crippen LogP contribution in [0.15, 0.2) is 35.6 Å². The Morgan fingerprint density at radius 1 is 1.31 bits per heavy atom. The van der Waals surface area contributed by atoms with Crippen molar-refractivity contribution in [3.05, 3.63) is 30.6 Å². The number of nitrogens with zero attached hydrogens (tertiary/aromatic N) is 2. The van der Waals surface area contributed by atoms with Gasteiger partial charge in [0.15, 0.2) is 0 Å². The highest BCUT2D eigenvalue weighted by Gasteiger charge is 2.04. The number of fused-ring (bicyclic) bond motifs is 1. The number of nitrogens with two attached hydrogens (primary N) is 1. The predicted molar refractivity (Wildman–Crippen MR) is 64.1 cm³/mol. The Balaban J connectivity index is 2.20. The van der Waals surface area contributed by atoms with Gasteiger partial charge in [0.25, 0.3) is 0 Å². The van der Waals surface area contributed by atoms with Crippen LogP contribution in [0.25, 0.3) is 10.9 Å². The van der Waals surface area contributed by atoms with E-state index in [4.69, 9.17) is 5.73 Å². The molecule has 1 amide bonds. The maximum Gasteiger partial charge on any atom is 0.218 e. The molecule has 5 heteroatoms. The van der Waals surface area contributed by atoms with E-state index < -0.39 is 0 Å². The first-order valence-corrected chi connectivity index (χ1v) is 5.87. The quantitative estimate of drug-likeness (QED) is 0.643. The molecule has 0 unspecified atom stereocenters. The lowest BCUT2D eigenvalue weighted by Gasteiger charge is -2.03. The summed E-state index contributed by atoms with van der Waals surface area (Å²) in [6.07, 6.45) is 1.90. The highest BCUT2D eigenvalue weighted by atomic mass is 32.2. The van der Waals surface area contributed by atoms with E-state index in [1.54, 1.807) is 0 Å². The van der Waals surface area contributed by atoms with Gasteiger partial charge < -0.3 is 5.73 Å². The predicted octanol–water partition coefficient (Wildman–Crippen LogP) is 1.60.